The van der Waals surface area contributed by atoms with Crippen molar-refractivity contribution in [2.75, 3.05) is 0 Å². The number of nitro groups is 1. The van der Waals surface area contributed by atoms with Gasteiger partial charge in [-0.15, -0.1) is 0 Å². The van der Waals surface area contributed by atoms with E-state index in [0.717, 1.165) is 28.1 Å². The number of non-ortho nitro benzene ring substituents is 1. The van der Waals surface area contributed by atoms with Crippen LogP contribution in [0, 0.1) is 10.1 Å². The third kappa shape index (κ3) is 5.33. The maximum absolute atomic E-state index is 12.9. The lowest BCUT2D eigenvalue weighted by Crippen LogP contribution is -2.18. The topological polar surface area (TPSA) is 102 Å². The fraction of sp³-hybridized carbons (Fsp3) is 0. The highest BCUT2D eigenvalue weighted by atomic mass is 16.6. The number of benzene rings is 4. The molecule has 0 aliphatic carbocycles. The first kappa shape index (κ1) is 23.4. The summed E-state index contributed by atoms with van der Waals surface area (Å²) in [6.07, 6.45) is 1.42. The van der Waals surface area contributed by atoms with E-state index in [1.807, 2.05) is 72.8 Å². The number of amides is 1. The normalized spacial score (nSPS) is 10.9. The highest BCUT2D eigenvalue weighted by molar-refractivity contribution is 5.94. The molecule has 5 aromatic rings. The molecule has 8 nitrogen and oxygen atoms in total. The lowest BCUT2D eigenvalue weighted by Gasteiger charge is -2.08. The third-order valence-corrected chi connectivity index (χ3v) is 5.71. The SMILES string of the molecule is O=C(N/N=C\c1ccc([N+](=O)[O-])cc1)c1cc(-c2ccc(-c3ccccc3)cc2)n(-c2ccccc2)n1. The predicted octanol–water partition coefficient (Wildman–Crippen LogP) is 5.88. The van der Waals surface area contributed by atoms with Crippen molar-refractivity contribution in [2.45, 2.75) is 0 Å². The van der Waals surface area contributed by atoms with E-state index in [9.17, 15) is 14.9 Å². The molecule has 0 aliphatic heterocycles. The second kappa shape index (κ2) is 10.5. The summed E-state index contributed by atoms with van der Waals surface area (Å²) >= 11 is 0. The molecule has 0 atom stereocenters. The van der Waals surface area contributed by atoms with Gasteiger partial charge in [-0.2, -0.15) is 10.2 Å². The molecule has 4 aromatic carbocycles. The molecule has 0 spiro atoms. The van der Waals surface area contributed by atoms with Gasteiger partial charge in [0.15, 0.2) is 5.69 Å². The number of carbonyl (C=O) groups is 1. The van der Waals surface area contributed by atoms with Crippen LogP contribution < -0.4 is 5.43 Å². The van der Waals surface area contributed by atoms with Crippen LogP contribution in [0.25, 0.3) is 28.1 Å². The van der Waals surface area contributed by atoms with Gasteiger partial charge in [0.2, 0.25) is 0 Å². The Morgan fingerprint density at radius 1 is 0.811 bits per heavy atom. The molecule has 5 rings (SSSR count). The zero-order valence-corrected chi connectivity index (χ0v) is 19.6. The molecule has 0 aliphatic rings. The van der Waals surface area contributed by atoms with Gasteiger partial charge in [0.1, 0.15) is 0 Å². The van der Waals surface area contributed by atoms with Crippen LogP contribution in [0.2, 0.25) is 0 Å². The van der Waals surface area contributed by atoms with Gasteiger partial charge in [0.05, 0.1) is 22.5 Å². The lowest BCUT2D eigenvalue weighted by molar-refractivity contribution is -0.384. The van der Waals surface area contributed by atoms with E-state index in [4.69, 9.17) is 0 Å². The average Bonchev–Trinajstić information content (AvgIpc) is 3.40. The molecular weight excluding hydrogens is 466 g/mol. The lowest BCUT2D eigenvalue weighted by atomic mass is 10.0. The van der Waals surface area contributed by atoms with E-state index < -0.39 is 10.8 Å². The molecule has 1 N–H and O–H groups in total. The number of aromatic nitrogens is 2. The number of rotatable bonds is 7. The predicted molar refractivity (Wildman–Crippen MR) is 143 cm³/mol. The van der Waals surface area contributed by atoms with Crippen LogP contribution in [-0.2, 0) is 0 Å². The molecule has 1 aromatic heterocycles. The quantitative estimate of drug-likeness (QED) is 0.176. The molecule has 0 bridgehead atoms. The summed E-state index contributed by atoms with van der Waals surface area (Å²) in [7, 11) is 0. The largest absolute Gasteiger partial charge is 0.291 e. The summed E-state index contributed by atoms with van der Waals surface area (Å²) in [4.78, 5) is 23.2. The summed E-state index contributed by atoms with van der Waals surface area (Å²) in [5.74, 6) is -0.477. The first-order valence-electron chi connectivity index (χ1n) is 11.5. The fourth-order valence-corrected chi connectivity index (χ4v) is 3.83. The molecule has 8 heteroatoms. The van der Waals surface area contributed by atoms with Crippen molar-refractivity contribution >= 4 is 17.8 Å². The molecule has 37 heavy (non-hydrogen) atoms. The average molecular weight is 488 g/mol. The molecule has 0 unspecified atom stereocenters. The van der Waals surface area contributed by atoms with E-state index in [1.54, 1.807) is 22.9 Å². The maximum atomic E-state index is 12.9. The third-order valence-electron chi connectivity index (χ3n) is 5.71. The van der Waals surface area contributed by atoms with Gasteiger partial charge in [-0.05, 0) is 47.0 Å². The number of hydrogen-bond donors (Lipinski definition) is 1. The number of para-hydroxylation sites is 1. The summed E-state index contributed by atoms with van der Waals surface area (Å²) in [5.41, 5.74) is 7.97. The van der Waals surface area contributed by atoms with Crippen molar-refractivity contribution in [3.63, 3.8) is 0 Å². The number of hydrogen-bond acceptors (Lipinski definition) is 5. The van der Waals surface area contributed by atoms with Gasteiger partial charge < -0.3 is 0 Å². The standard InChI is InChI=1S/C29H21N5O3/c35-29(31-30-20-21-11-17-26(18-12-21)34(36)37)27-19-28(33(32-27)25-9-5-2-6-10-25)24-15-13-23(14-16-24)22-7-3-1-4-8-22/h1-20H,(H,31,35)/b30-20-. The smallest absolute Gasteiger partial charge is 0.265 e. The Labute approximate surface area is 212 Å². The van der Waals surface area contributed by atoms with Crippen LogP contribution in [0.15, 0.2) is 120 Å². The zero-order chi connectivity index (χ0) is 25.6. The molecular formula is C29H21N5O3. The molecule has 180 valence electrons. The van der Waals surface area contributed by atoms with Crippen molar-refractivity contribution in [3.8, 4) is 28.1 Å². The van der Waals surface area contributed by atoms with Gasteiger partial charge in [-0.25, -0.2) is 10.1 Å². The van der Waals surface area contributed by atoms with Crippen molar-refractivity contribution < 1.29 is 9.72 Å². The minimum Gasteiger partial charge on any atom is -0.265 e. The van der Waals surface area contributed by atoms with Gasteiger partial charge in [0, 0.05) is 17.7 Å². The van der Waals surface area contributed by atoms with Gasteiger partial charge >= 0.3 is 0 Å². The number of carbonyl (C=O) groups excluding carboxylic acids is 1. The Kier molecular flexibility index (Phi) is 6.63. The molecule has 0 saturated heterocycles. The molecule has 1 amide bonds. The summed E-state index contributed by atoms with van der Waals surface area (Å²) in [5, 5.41) is 19.3. The summed E-state index contributed by atoms with van der Waals surface area (Å²) in [6, 6.07) is 35.4. The first-order valence-corrected chi connectivity index (χ1v) is 11.5. The molecule has 0 fully saturated rings. The Morgan fingerprint density at radius 2 is 1.41 bits per heavy atom. The van der Waals surface area contributed by atoms with Crippen LogP contribution >= 0.6 is 0 Å². The Morgan fingerprint density at radius 3 is 2.05 bits per heavy atom. The number of hydrazone groups is 1. The first-order chi connectivity index (χ1) is 18.1. The second-order valence-electron chi connectivity index (χ2n) is 8.15. The van der Waals surface area contributed by atoms with E-state index in [2.05, 4.69) is 27.8 Å². The van der Waals surface area contributed by atoms with E-state index in [-0.39, 0.29) is 11.4 Å². The molecule has 0 saturated carbocycles. The summed E-state index contributed by atoms with van der Waals surface area (Å²) in [6.45, 7) is 0. The number of nitrogens with zero attached hydrogens (tertiary/aromatic N) is 4. The van der Waals surface area contributed by atoms with Gasteiger partial charge in [-0.3, -0.25) is 14.9 Å². The van der Waals surface area contributed by atoms with Crippen molar-refractivity contribution in [1.29, 1.82) is 0 Å². The van der Waals surface area contributed by atoms with Crippen LogP contribution in [0.4, 0.5) is 5.69 Å². The van der Waals surface area contributed by atoms with E-state index >= 15 is 0 Å². The minimum atomic E-state index is -0.477. The highest BCUT2D eigenvalue weighted by Gasteiger charge is 2.17. The number of nitro benzene ring substituents is 1. The monoisotopic (exact) mass is 487 g/mol. The number of nitrogens with one attached hydrogen (secondary N) is 1. The van der Waals surface area contributed by atoms with Crippen LogP contribution in [0.1, 0.15) is 16.1 Å². The van der Waals surface area contributed by atoms with Crippen molar-refractivity contribution in [2.24, 2.45) is 5.10 Å². The van der Waals surface area contributed by atoms with E-state index in [0.29, 0.717) is 5.56 Å². The minimum absolute atomic E-state index is 0.0167. The highest BCUT2D eigenvalue weighted by Crippen LogP contribution is 2.27. The Bertz CT molecular complexity index is 1560. The van der Waals surface area contributed by atoms with Crippen LogP contribution in [0.3, 0.4) is 0 Å². The molecule has 0 radical (unpaired) electrons. The van der Waals surface area contributed by atoms with Gasteiger partial charge in [0.25, 0.3) is 11.6 Å². The van der Waals surface area contributed by atoms with Gasteiger partial charge in [-0.1, -0.05) is 72.8 Å². The van der Waals surface area contributed by atoms with Crippen molar-refractivity contribution in [1.82, 2.24) is 15.2 Å². The second-order valence-corrected chi connectivity index (χ2v) is 8.15. The van der Waals surface area contributed by atoms with E-state index in [1.165, 1.54) is 18.3 Å². The molecule has 1 heterocycles. The summed E-state index contributed by atoms with van der Waals surface area (Å²) < 4.78 is 1.73. The van der Waals surface area contributed by atoms with Crippen LogP contribution in [-0.4, -0.2) is 26.8 Å². The fourth-order valence-electron chi connectivity index (χ4n) is 3.83. The van der Waals surface area contributed by atoms with Crippen molar-refractivity contribution in [3.05, 3.63) is 137 Å². The maximum Gasteiger partial charge on any atom is 0.291 e. The van der Waals surface area contributed by atoms with Crippen LogP contribution in [0.5, 0.6) is 0 Å². The Balaban J connectivity index is 1.40. The zero-order valence-electron chi connectivity index (χ0n) is 19.6. The Hall–Kier alpha value is -5.37.